The fourth-order valence-electron chi connectivity index (χ4n) is 2.92. The first kappa shape index (κ1) is 23.6. The molecule has 0 aliphatic carbocycles. The average molecular weight is 474 g/mol. The number of carbonyl (C=O) groups is 1. The summed E-state index contributed by atoms with van der Waals surface area (Å²) in [6.07, 6.45) is 0.623. The van der Waals surface area contributed by atoms with E-state index in [0.29, 0.717) is 11.8 Å². The summed E-state index contributed by atoms with van der Waals surface area (Å²) in [5.41, 5.74) is 2.48. The lowest BCUT2D eigenvalue weighted by Crippen LogP contribution is -2.37. The molecule has 0 aliphatic rings. The highest BCUT2D eigenvalue weighted by Gasteiger charge is 2.20. The molecule has 0 saturated carbocycles. The van der Waals surface area contributed by atoms with E-state index in [9.17, 15) is 21.6 Å². The molecule has 0 amide bonds. The summed E-state index contributed by atoms with van der Waals surface area (Å²) in [5, 5.41) is 0. The Kier molecular flexibility index (Phi) is 7.12. The average Bonchev–Trinajstić information content (AvgIpc) is 2.75. The molecule has 0 radical (unpaired) electrons. The SMILES string of the molecule is Cc1ccc(S(=O)(=O)NC(C=O)Cc2ccc(OS(=O)(=O)c3ccc(C)cc3)cc2)cc1. The van der Waals surface area contributed by atoms with E-state index in [1.165, 1.54) is 36.4 Å². The van der Waals surface area contributed by atoms with Gasteiger partial charge in [-0.2, -0.15) is 8.42 Å². The van der Waals surface area contributed by atoms with E-state index in [2.05, 4.69) is 4.72 Å². The van der Waals surface area contributed by atoms with Crippen molar-refractivity contribution in [3.05, 3.63) is 89.5 Å². The Bertz CT molecular complexity index is 1280. The number of hydrogen-bond donors (Lipinski definition) is 1. The molecule has 0 spiro atoms. The van der Waals surface area contributed by atoms with Crippen LogP contribution in [0, 0.1) is 13.8 Å². The van der Waals surface area contributed by atoms with Gasteiger partial charge in [0, 0.05) is 0 Å². The second-order valence-corrected chi connectivity index (χ2v) is 10.6. The van der Waals surface area contributed by atoms with Gasteiger partial charge in [-0.1, -0.05) is 47.5 Å². The molecular weight excluding hydrogens is 450 g/mol. The molecule has 3 aromatic carbocycles. The molecule has 0 aromatic heterocycles. The minimum Gasteiger partial charge on any atom is -0.379 e. The third kappa shape index (κ3) is 6.03. The Hall–Kier alpha value is -3.01. The lowest BCUT2D eigenvalue weighted by molar-refractivity contribution is -0.109. The minimum atomic E-state index is -3.98. The quantitative estimate of drug-likeness (QED) is 0.378. The van der Waals surface area contributed by atoms with Crippen molar-refractivity contribution in [1.82, 2.24) is 4.72 Å². The molecule has 0 aliphatic heterocycles. The van der Waals surface area contributed by atoms with Crippen molar-refractivity contribution < 1.29 is 25.8 Å². The summed E-state index contributed by atoms with van der Waals surface area (Å²) >= 11 is 0. The number of hydrogen-bond acceptors (Lipinski definition) is 6. The van der Waals surface area contributed by atoms with Gasteiger partial charge in [0.15, 0.2) is 0 Å². The fourth-order valence-corrected chi connectivity index (χ4v) is 5.02. The number of rotatable bonds is 9. The van der Waals surface area contributed by atoms with Crippen molar-refractivity contribution in [3.63, 3.8) is 0 Å². The second kappa shape index (κ2) is 9.64. The van der Waals surface area contributed by atoms with Gasteiger partial charge < -0.3 is 8.98 Å². The maximum atomic E-state index is 12.5. The van der Waals surface area contributed by atoms with E-state index >= 15 is 0 Å². The second-order valence-electron chi connectivity index (χ2n) is 7.38. The summed E-state index contributed by atoms with van der Waals surface area (Å²) in [5.74, 6) is 0.109. The molecular formula is C23H23NO6S2. The normalized spacial score (nSPS) is 12.8. The van der Waals surface area contributed by atoms with Gasteiger partial charge in [-0.3, -0.25) is 0 Å². The van der Waals surface area contributed by atoms with Gasteiger partial charge in [-0.25, -0.2) is 13.1 Å². The highest BCUT2D eigenvalue weighted by molar-refractivity contribution is 7.89. The van der Waals surface area contributed by atoms with Crippen molar-refractivity contribution >= 4 is 26.4 Å². The molecule has 9 heteroatoms. The smallest absolute Gasteiger partial charge is 0.339 e. The van der Waals surface area contributed by atoms with Crippen molar-refractivity contribution in [2.45, 2.75) is 36.1 Å². The van der Waals surface area contributed by atoms with Crippen LogP contribution in [0.2, 0.25) is 0 Å². The Morgan fingerprint density at radius 1 is 0.781 bits per heavy atom. The Labute approximate surface area is 188 Å². The van der Waals surface area contributed by atoms with Crippen molar-refractivity contribution in [2.24, 2.45) is 0 Å². The molecule has 1 unspecified atom stereocenters. The number of sulfonamides is 1. The van der Waals surface area contributed by atoms with Crippen LogP contribution in [0.3, 0.4) is 0 Å². The number of nitrogens with one attached hydrogen (secondary N) is 1. The van der Waals surface area contributed by atoms with Gasteiger partial charge in [0.25, 0.3) is 0 Å². The van der Waals surface area contributed by atoms with E-state index in [4.69, 9.17) is 4.18 Å². The van der Waals surface area contributed by atoms with Crippen LogP contribution in [0.5, 0.6) is 5.75 Å². The topological polar surface area (TPSA) is 107 Å². The van der Waals surface area contributed by atoms with Gasteiger partial charge in [-0.15, -0.1) is 0 Å². The van der Waals surface area contributed by atoms with Gasteiger partial charge in [-0.05, 0) is 62.2 Å². The summed E-state index contributed by atoms with van der Waals surface area (Å²) in [7, 11) is -7.84. The predicted molar refractivity (Wildman–Crippen MR) is 120 cm³/mol. The largest absolute Gasteiger partial charge is 0.379 e. The maximum Gasteiger partial charge on any atom is 0.339 e. The van der Waals surface area contributed by atoms with Crippen molar-refractivity contribution in [1.29, 1.82) is 0 Å². The van der Waals surface area contributed by atoms with Crippen LogP contribution in [0.1, 0.15) is 16.7 Å². The lowest BCUT2D eigenvalue weighted by Gasteiger charge is -2.14. The zero-order valence-corrected chi connectivity index (χ0v) is 19.2. The van der Waals surface area contributed by atoms with E-state index in [0.717, 1.165) is 11.1 Å². The van der Waals surface area contributed by atoms with Gasteiger partial charge in [0.1, 0.15) is 16.9 Å². The molecule has 0 bridgehead atoms. The monoisotopic (exact) mass is 473 g/mol. The van der Waals surface area contributed by atoms with Crippen LogP contribution >= 0.6 is 0 Å². The number of benzene rings is 3. The van der Waals surface area contributed by atoms with Crippen molar-refractivity contribution in [2.75, 3.05) is 0 Å². The molecule has 0 heterocycles. The zero-order chi connectivity index (χ0) is 23.4. The Morgan fingerprint density at radius 2 is 1.28 bits per heavy atom. The molecule has 1 N–H and O–H groups in total. The summed E-state index contributed by atoms with van der Waals surface area (Å²) in [6.45, 7) is 3.70. The van der Waals surface area contributed by atoms with E-state index < -0.39 is 26.2 Å². The molecule has 0 saturated heterocycles. The van der Waals surface area contributed by atoms with Crippen LogP contribution in [0.25, 0.3) is 0 Å². The molecule has 7 nitrogen and oxygen atoms in total. The molecule has 0 fully saturated rings. The lowest BCUT2D eigenvalue weighted by atomic mass is 10.1. The van der Waals surface area contributed by atoms with Crippen LogP contribution in [-0.2, 0) is 31.4 Å². The molecule has 3 rings (SSSR count). The highest BCUT2D eigenvalue weighted by Crippen LogP contribution is 2.20. The van der Waals surface area contributed by atoms with Crippen LogP contribution in [-0.4, -0.2) is 29.2 Å². The van der Waals surface area contributed by atoms with E-state index in [-0.39, 0.29) is 22.0 Å². The summed E-state index contributed by atoms with van der Waals surface area (Å²) in [6, 6.07) is 17.7. The number of carbonyl (C=O) groups excluding carboxylic acids is 1. The van der Waals surface area contributed by atoms with Gasteiger partial charge in [0.05, 0.1) is 10.9 Å². The first-order valence-electron chi connectivity index (χ1n) is 9.73. The standard InChI is InChI=1S/C23H23NO6S2/c1-17-3-11-22(12-4-17)31(26,27)24-20(16-25)15-19-7-9-21(10-8-19)30-32(28,29)23-13-5-18(2)6-14-23/h3-14,16,20,24H,15H2,1-2H3. The first-order valence-corrected chi connectivity index (χ1v) is 12.6. The minimum absolute atomic E-state index is 0.0405. The number of aryl methyl sites for hydroxylation is 2. The highest BCUT2D eigenvalue weighted by atomic mass is 32.2. The van der Waals surface area contributed by atoms with Crippen molar-refractivity contribution in [3.8, 4) is 5.75 Å². The van der Waals surface area contributed by atoms with Gasteiger partial charge in [0.2, 0.25) is 10.0 Å². The zero-order valence-electron chi connectivity index (χ0n) is 17.6. The molecule has 1 atom stereocenters. The molecule has 32 heavy (non-hydrogen) atoms. The van der Waals surface area contributed by atoms with E-state index in [1.807, 2.05) is 13.8 Å². The van der Waals surface area contributed by atoms with E-state index in [1.54, 1.807) is 36.4 Å². The van der Waals surface area contributed by atoms with Crippen LogP contribution in [0.15, 0.2) is 82.6 Å². The third-order valence-electron chi connectivity index (χ3n) is 4.70. The Morgan fingerprint density at radius 3 is 1.78 bits per heavy atom. The fraction of sp³-hybridized carbons (Fsp3) is 0.174. The third-order valence-corrected chi connectivity index (χ3v) is 7.46. The van der Waals surface area contributed by atoms with Crippen LogP contribution in [0.4, 0.5) is 0 Å². The summed E-state index contributed by atoms with van der Waals surface area (Å²) < 4.78 is 57.3. The first-order chi connectivity index (χ1) is 15.1. The Balaban J connectivity index is 1.68. The maximum absolute atomic E-state index is 12.5. The molecule has 3 aromatic rings. The molecule has 168 valence electrons. The van der Waals surface area contributed by atoms with Gasteiger partial charge >= 0.3 is 10.1 Å². The number of aldehydes is 1. The predicted octanol–water partition coefficient (Wildman–Crippen LogP) is 3.16. The summed E-state index contributed by atoms with van der Waals surface area (Å²) in [4.78, 5) is 11.6. The van der Waals surface area contributed by atoms with Crippen LogP contribution < -0.4 is 8.91 Å².